The molecule has 1 rings (SSSR count). The molecule has 0 saturated heterocycles. The summed E-state index contributed by atoms with van der Waals surface area (Å²) in [6.07, 6.45) is 3.76. The van der Waals surface area contributed by atoms with E-state index in [1.165, 1.54) is 24.8 Å². The first-order valence-electron chi connectivity index (χ1n) is 4.62. The van der Waals surface area contributed by atoms with Gasteiger partial charge in [0.1, 0.15) is 0 Å². The zero-order valence-electron chi connectivity index (χ0n) is 8.53. The Kier molecular flexibility index (Phi) is 12.5. The highest BCUT2D eigenvalue weighted by Gasteiger charge is 1.90. The predicted octanol–water partition coefficient (Wildman–Crippen LogP) is 3.07. The summed E-state index contributed by atoms with van der Waals surface area (Å²) in [4.78, 5) is 0. The summed E-state index contributed by atoms with van der Waals surface area (Å²) in [6.45, 7) is 1.13. The fourth-order valence-corrected chi connectivity index (χ4v) is 1.28. The van der Waals surface area contributed by atoms with Crippen molar-refractivity contribution in [2.75, 3.05) is 13.6 Å². The smallest absolute Gasteiger partial charge is 0.00518 e. The summed E-state index contributed by atoms with van der Waals surface area (Å²) in [5.74, 6) is 0. The summed E-state index contributed by atoms with van der Waals surface area (Å²) >= 11 is 0. The second-order valence-electron chi connectivity index (χ2n) is 3.05. The number of benzene rings is 1. The zero-order valence-corrected chi connectivity index (χ0v) is 10.2. The minimum absolute atomic E-state index is 0. The molecule has 1 aromatic rings. The lowest BCUT2D eigenvalue weighted by Gasteiger charge is -2.00. The van der Waals surface area contributed by atoms with Crippen LogP contribution in [0.4, 0.5) is 0 Å². The van der Waals surface area contributed by atoms with Crippen molar-refractivity contribution >= 4 is 24.8 Å². The molecule has 0 unspecified atom stereocenters. The van der Waals surface area contributed by atoms with Crippen molar-refractivity contribution in [2.45, 2.75) is 19.3 Å². The summed E-state index contributed by atoms with van der Waals surface area (Å²) in [7, 11) is 2.00. The van der Waals surface area contributed by atoms with E-state index in [4.69, 9.17) is 0 Å². The Morgan fingerprint density at radius 1 is 1.00 bits per heavy atom. The highest BCUT2D eigenvalue weighted by Crippen LogP contribution is 2.03. The largest absolute Gasteiger partial charge is 0.320 e. The molecule has 0 aromatic heterocycles. The molecule has 82 valence electrons. The summed E-state index contributed by atoms with van der Waals surface area (Å²) in [5, 5.41) is 3.15. The van der Waals surface area contributed by atoms with Crippen molar-refractivity contribution in [1.82, 2.24) is 5.32 Å². The number of aryl methyl sites for hydroxylation is 1. The lowest BCUT2D eigenvalue weighted by molar-refractivity contribution is 0.677. The average Bonchev–Trinajstić information content (AvgIpc) is 2.14. The van der Waals surface area contributed by atoms with Crippen molar-refractivity contribution in [3.8, 4) is 0 Å². The number of hydrogen-bond donors (Lipinski definition) is 1. The normalized spacial score (nSPS) is 8.64. The molecule has 0 amide bonds. The van der Waals surface area contributed by atoms with Crippen LogP contribution in [0.3, 0.4) is 0 Å². The van der Waals surface area contributed by atoms with Crippen LogP contribution < -0.4 is 5.32 Å². The molecular weight excluding hydrogens is 217 g/mol. The lowest BCUT2D eigenvalue weighted by atomic mass is 10.1. The van der Waals surface area contributed by atoms with Crippen LogP contribution in [0.25, 0.3) is 0 Å². The van der Waals surface area contributed by atoms with E-state index in [-0.39, 0.29) is 24.8 Å². The third kappa shape index (κ3) is 7.19. The van der Waals surface area contributed by atoms with Crippen LogP contribution in [0.1, 0.15) is 18.4 Å². The third-order valence-corrected chi connectivity index (χ3v) is 1.99. The van der Waals surface area contributed by atoms with E-state index < -0.39 is 0 Å². The molecule has 0 aliphatic rings. The molecule has 0 atom stereocenters. The highest BCUT2D eigenvalue weighted by atomic mass is 35.5. The van der Waals surface area contributed by atoms with Gasteiger partial charge in [-0.05, 0) is 38.4 Å². The highest BCUT2D eigenvalue weighted by molar-refractivity contribution is 5.85. The van der Waals surface area contributed by atoms with Crippen LogP contribution in [0.2, 0.25) is 0 Å². The maximum absolute atomic E-state index is 3.15. The number of unbranched alkanes of at least 4 members (excludes halogenated alkanes) is 1. The van der Waals surface area contributed by atoms with Crippen molar-refractivity contribution in [1.29, 1.82) is 0 Å². The topological polar surface area (TPSA) is 12.0 Å². The molecular formula is C11H19Cl2N. The number of rotatable bonds is 5. The van der Waals surface area contributed by atoms with Crippen LogP contribution in [0, 0.1) is 0 Å². The third-order valence-electron chi connectivity index (χ3n) is 1.99. The van der Waals surface area contributed by atoms with Gasteiger partial charge in [-0.2, -0.15) is 0 Å². The van der Waals surface area contributed by atoms with Gasteiger partial charge in [-0.3, -0.25) is 0 Å². The molecule has 14 heavy (non-hydrogen) atoms. The average molecular weight is 236 g/mol. The Labute approximate surface area is 99.1 Å². The van der Waals surface area contributed by atoms with Crippen LogP contribution in [0.15, 0.2) is 30.3 Å². The molecule has 0 fully saturated rings. The maximum Gasteiger partial charge on any atom is -0.00518 e. The zero-order chi connectivity index (χ0) is 8.65. The minimum Gasteiger partial charge on any atom is -0.320 e. The van der Waals surface area contributed by atoms with Gasteiger partial charge >= 0.3 is 0 Å². The Balaban J connectivity index is 0. The summed E-state index contributed by atoms with van der Waals surface area (Å²) in [6, 6.07) is 10.7. The maximum atomic E-state index is 3.15. The molecule has 1 aromatic carbocycles. The molecule has 0 heterocycles. The van der Waals surface area contributed by atoms with Gasteiger partial charge in [0.05, 0.1) is 0 Å². The van der Waals surface area contributed by atoms with E-state index >= 15 is 0 Å². The number of nitrogens with one attached hydrogen (secondary N) is 1. The fourth-order valence-electron chi connectivity index (χ4n) is 1.28. The van der Waals surface area contributed by atoms with Gasteiger partial charge in [-0.1, -0.05) is 30.3 Å². The molecule has 0 aliphatic carbocycles. The number of halogens is 2. The first-order valence-corrected chi connectivity index (χ1v) is 4.62. The Hall–Kier alpha value is -0.240. The van der Waals surface area contributed by atoms with Gasteiger partial charge in [0, 0.05) is 0 Å². The molecule has 1 nitrogen and oxygen atoms in total. The van der Waals surface area contributed by atoms with Crippen LogP contribution in [-0.2, 0) is 6.42 Å². The van der Waals surface area contributed by atoms with Gasteiger partial charge in [0.2, 0.25) is 0 Å². The van der Waals surface area contributed by atoms with Crippen molar-refractivity contribution in [3.05, 3.63) is 35.9 Å². The van der Waals surface area contributed by atoms with Gasteiger partial charge in [-0.15, -0.1) is 24.8 Å². The second-order valence-corrected chi connectivity index (χ2v) is 3.05. The standard InChI is InChI=1S/C11H17N.2ClH/c1-12-10-6-5-9-11-7-3-2-4-8-11;;/h2-4,7-8,12H,5-6,9-10H2,1H3;2*1H. The summed E-state index contributed by atoms with van der Waals surface area (Å²) in [5.41, 5.74) is 1.45. The van der Waals surface area contributed by atoms with Gasteiger partial charge < -0.3 is 5.32 Å². The molecule has 0 spiro atoms. The SMILES string of the molecule is CNCCCCc1ccccc1.Cl.Cl. The van der Waals surface area contributed by atoms with Gasteiger partial charge in [0.25, 0.3) is 0 Å². The second kappa shape index (κ2) is 10.8. The van der Waals surface area contributed by atoms with Crippen LogP contribution in [-0.4, -0.2) is 13.6 Å². The molecule has 3 heteroatoms. The minimum atomic E-state index is 0. The van der Waals surface area contributed by atoms with Crippen molar-refractivity contribution < 1.29 is 0 Å². The Morgan fingerprint density at radius 3 is 2.21 bits per heavy atom. The molecule has 0 aliphatic heterocycles. The first kappa shape index (κ1) is 16.2. The monoisotopic (exact) mass is 235 g/mol. The molecule has 0 bridgehead atoms. The van der Waals surface area contributed by atoms with Crippen molar-refractivity contribution in [3.63, 3.8) is 0 Å². The molecule has 1 N–H and O–H groups in total. The van der Waals surface area contributed by atoms with Crippen LogP contribution in [0.5, 0.6) is 0 Å². The van der Waals surface area contributed by atoms with E-state index in [0.29, 0.717) is 0 Å². The first-order chi connectivity index (χ1) is 5.93. The van der Waals surface area contributed by atoms with Crippen molar-refractivity contribution in [2.24, 2.45) is 0 Å². The van der Waals surface area contributed by atoms with Crippen LogP contribution >= 0.6 is 24.8 Å². The van der Waals surface area contributed by atoms with E-state index in [1.54, 1.807) is 0 Å². The van der Waals surface area contributed by atoms with E-state index in [0.717, 1.165) is 6.54 Å². The van der Waals surface area contributed by atoms with E-state index in [2.05, 4.69) is 35.6 Å². The molecule has 0 saturated carbocycles. The quantitative estimate of drug-likeness (QED) is 0.775. The lowest BCUT2D eigenvalue weighted by Crippen LogP contribution is -2.07. The van der Waals surface area contributed by atoms with E-state index in [9.17, 15) is 0 Å². The predicted molar refractivity (Wildman–Crippen MR) is 67.8 cm³/mol. The van der Waals surface area contributed by atoms with Gasteiger partial charge in [-0.25, -0.2) is 0 Å². The van der Waals surface area contributed by atoms with Gasteiger partial charge in [0.15, 0.2) is 0 Å². The fraction of sp³-hybridized carbons (Fsp3) is 0.455. The van der Waals surface area contributed by atoms with E-state index in [1.807, 2.05) is 7.05 Å². The molecule has 0 radical (unpaired) electrons. The Morgan fingerprint density at radius 2 is 1.64 bits per heavy atom. The Bertz CT molecular complexity index is 202. The summed E-state index contributed by atoms with van der Waals surface area (Å²) < 4.78 is 0. The number of hydrogen-bond acceptors (Lipinski definition) is 1.